The quantitative estimate of drug-likeness (QED) is 0.921. The zero-order chi connectivity index (χ0) is 15.8. The number of benzene rings is 1. The van der Waals surface area contributed by atoms with E-state index < -0.39 is 0 Å². The molecule has 0 saturated carbocycles. The Bertz CT molecular complexity index is 740. The minimum Gasteiger partial charge on any atom is -0.301 e. The molecule has 1 atom stereocenters. The molecular formula is C18H21N3OS. The van der Waals surface area contributed by atoms with Crippen LogP contribution in [0.3, 0.4) is 0 Å². The van der Waals surface area contributed by atoms with Crippen molar-refractivity contribution in [3.8, 4) is 0 Å². The maximum atomic E-state index is 12.8. The van der Waals surface area contributed by atoms with E-state index >= 15 is 0 Å². The molecule has 0 fully saturated rings. The van der Waals surface area contributed by atoms with E-state index in [-0.39, 0.29) is 11.8 Å². The summed E-state index contributed by atoms with van der Waals surface area (Å²) in [6, 6.07) is 8.33. The topological polar surface area (TPSA) is 45.2 Å². The van der Waals surface area contributed by atoms with Gasteiger partial charge in [0.05, 0.1) is 11.6 Å². The lowest BCUT2D eigenvalue weighted by molar-refractivity contribution is -0.117. The minimum absolute atomic E-state index is 0.0384. The monoisotopic (exact) mass is 327 g/mol. The number of rotatable bonds is 2. The normalized spacial score (nSPS) is 20.7. The molecule has 2 heterocycles. The fourth-order valence-corrected chi connectivity index (χ4v) is 4.69. The summed E-state index contributed by atoms with van der Waals surface area (Å²) in [6.07, 6.45) is 4.06. The minimum atomic E-state index is -0.0384. The number of aryl methyl sites for hydroxylation is 1. The summed E-state index contributed by atoms with van der Waals surface area (Å²) < 4.78 is 0. The molecule has 5 heteroatoms. The summed E-state index contributed by atoms with van der Waals surface area (Å²) in [4.78, 5) is 21.0. The Kier molecular flexibility index (Phi) is 3.91. The van der Waals surface area contributed by atoms with Crippen LogP contribution < -0.4 is 5.32 Å². The van der Waals surface area contributed by atoms with Crippen molar-refractivity contribution < 1.29 is 4.79 Å². The number of anilines is 1. The van der Waals surface area contributed by atoms with E-state index in [1.165, 1.54) is 16.0 Å². The van der Waals surface area contributed by atoms with Gasteiger partial charge in [-0.1, -0.05) is 24.3 Å². The summed E-state index contributed by atoms with van der Waals surface area (Å²) in [5.74, 6) is 0.0557. The van der Waals surface area contributed by atoms with Gasteiger partial charge < -0.3 is 10.2 Å². The summed E-state index contributed by atoms with van der Waals surface area (Å²) in [5, 5.41) is 3.84. The van der Waals surface area contributed by atoms with E-state index in [4.69, 9.17) is 0 Å². The van der Waals surface area contributed by atoms with Gasteiger partial charge in [-0.2, -0.15) is 0 Å². The highest BCUT2D eigenvalue weighted by Crippen LogP contribution is 2.33. The van der Waals surface area contributed by atoms with Crippen molar-refractivity contribution in [2.45, 2.75) is 38.1 Å². The lowest BCUT2D eigenvalue weighted by Crippen LogP contribution is -2.25. The highest BCUT2D eigenvalue weighted by molar-refractivity contribution is 7.15. The van der Waals surface area contributed by atoms with E-state index in [0.717, 1.165) is 49.6 Å². The lowest BCUT2D eigenvalue weighted by Gasteiger charge is -2.24. The molecule has 1 aromatic carbocycles. The van der Waals surface area contributed by atoms with Crippen LogP contribution in [-0.4, -0.2) is 29.4 Å². The molecule has 0 bridgehead atoms. The molecule has 1 N–H and O–H groups in total. The number of hydrogen-bond donors (Lipinski definition) is 1. The first-order chi connectivity index (χ1) is 11.2. The molecule has 1 aliphatic carbocycles. The van der Waals surface area contributed by atoms with Gasteiger partial charge in [0, 0.05) is 24.4 Å². The second-order valence-electron chi connectivity index (χ2n) is 6.51. The van der Waals surface area contributed by atoms with E-state index in [1.54, 1.807) is 11.3 Å². The Hall–Kier alpha value is -1.72. The smallest absolute Gasteiger partial charge is 0.233 e. The summed E-state index contributed by atoms with van der Waals surface area (Å²) >= 11 is 1.63. The van der Waals surface area contributed by atoms with Crippen LogP contribution in [0.4, 0.5) is 5.13 Å². The number of fused-ring (bicyclic) bond motifs is 2. The number of carbonyl (C=O) groups is 1. The van der Waals surface area contributed by atoms with Gasteiger partial charge in [-0.05, 0) is 37.4 Å². The number of likely N-dealkylation sites (N-methyl/N-ethyl adjacent to an activating group) is 1. The molecule has 4 rings (SSSR count). The fraction of sp³-hybridized carbons (Fsp3) is 0.444. The van der Waals surface area contributed by atoms with Crippen molar-refractivity contribution in [3.63, 3.8) is 0 Å². The van der Waals surface area contributed by atoms with E-state index in [9.17, 15) is 4.79 Å². The summed E-state index contributed by atoms with van der Waals surface area (Å²) in [5.41, 5.74) is 3.67. The lowest BCUT2D eigenvalue weighted by atomic mass is 9.82. The molecule has 0 radical (unpaired) electrons. The van der Waals surface area contributed by atoms with Crippen molar-refractivity contribution in [2.24, 2.45) is 0 Å². The van der Waals surface area contributed by atoms with Gasteiger partial charge in [0.25, 0.3) is 0 Å². The molecule has 1 aromatic heterocycles. The van der Waals surface area contributed by atoms with Crippen molar-refractivity contribution in [1.82, 2.24) is 9.88 Å². The molecule has 1 amide bonds. The maximum absolute atomic E-state index is 12.8. The number of nitrogens with zero attached hydrogens (tertiary/aromatic N) is 2. The van der Waals surface area contributed by atoms with Gasteiger partial charge in [-0.15, -0.1) is 11.3 Å². The third-order valence-electron chi connectivity index (χ3n) is 4.84. The van der Waals surface area contributed by atoms with Crippen molar-refractivity contribution in [2.75, 3.05) is 18.9 Å². The first kappa shape index (κ1) is 14.8. The van der Waals surface area contributed by atoms with E-state index in [0.29, 0.717) is 0 Å². The first-order valence-corrected chi connectivity index (χ1v) is 9.08. The average molecular weight is 327 g/mol. The third-order valence-corrected chi connectivity index (χ3v) is 5.84. The highest BCUT2D eigenvalue weighted by atomic mass is 32.1. The standard InChI is InChI=1S/C18H21N3OS/c1-21-10-9-15-16(11-21)23-18(19-15)20-17(22)14-8-4-6-12-5-2-3-7-13(12)14/h2-3,5,7,14H,4,6,8-11H2,1H3,(H,19,20,22)/t14-/m0/s1. The number of amides is 1. The van der Waals surface area contributed by atoms with Crippen LogP contribution >= 0.6 is 11.3 Å². The van der Waals surface area contributed by atoms with Crippen LogP contribution in [0.2, 0.25) is 0 Å². The maximum Gasteiger partial charge on any atom is 0.233 e. The summed E-state index contributed by atoms with van der Waals surface area (Å²) in [6.45, 7) is 1.98. The molecule has 1 aliphatic heterocycles. The predicted octanol–water partition coefficient (Wildman–Crippen LogP) is 3.19. The molecule has 120 valence electrons. The molecule has 0 spiro atoms. The van der Waals surface area contributed by atoms with Gasteiger partial charge in [0.15, 0.2) is 5.13 Å². The number of thiazole rings is 1. The second-order valence-corrected chi connectivity index (χ2v) is 7.59. The van der Waals surface area contributed by atoms with E-state index in [2.05, 4.69) is 40.4 Å². The van der Waals surface area contributed by atoms with Gasteiger partial charge in [0.1, 0.15) is 0 Å². The van der Waals surface area contributed by atoms with Crippen LogP contribution in [-0.2, 0) is 24.2 Å². The highest BCUT2D eigenvalue weighted by Gasteiger charge is 2.27. The third kappa shape index (κ3) is 2.91. The predicted molar refractivity (Wildman–Crippen MR) is 92.9 cm³/mol. The number of aromatic nitrogens is 1. The van der Waals surface area contributed by atoms with Crippen molar-refractivity contribution in [3.05, 3.63) is 46.0 Å². The molecule has 0 unspecified atom stereocenters. The molecule has 2 aliphatic rings. The second kappa shape index (κ2) is 6.06. The van der Waals surface area contributed by atoms with Crippen molar-refractivity contribution >= 4 is 22.4 Å². The molecule has 2 aromatic rings. The largest absolute Gasteiger partial charge is 0.301 e. The Balaban J connectivity index is 1.53. The molecular weight excluding hydrogens is 306 g/mol. The van der Waals surface area contributed by atoms with Gasteiger partial charge >= 0.3 is 0 Å². The van der Waals surface area contributed by atoms with Gasteiger partial charge in [-0.25, -0.2) is 4.98 Å². The number of hydrogen-bond acceptors (Lipinski definition) is 4. The fourth-order valence-electron chi connectivity index (χ4n) is 3.60. The number of nitrogens with one attached hydrogen (secondary N) is 1. The number of carbonyl (C=O) groups excluding carboxylic acids is 1. The zero-order valence-electron chi connectivity index (χ0n) is 13.3. The first-order valence-electron chi connectivity index (χ1n) is 8.26. The molecule has 0 saturated heterocycles. The Morgan fingerprint density at radius 2 is 2.22 bits per heavy atom. The van der Waals surface area contributed by atoms with Crippen molar-refractivity contribution in [1.29, 1.82) is 0 Å². The Morgan fingerprint density at radius 1 is 1.35 bits per heavy atom. The van der Waals surface area contributed by atoms with Crippen LogP contribution in [0.15, 0.2) is 24.3 Å². The van der Waals surface area contributed by atoms with Gasteiger partial charge in [0.2, 0.25) is 5.91 Å². The van der Waals surface area contributed by atoms with Crippen LogP contribution in [0.25, 0.3) is 0 Å². The molecule has 4 nitrogen and oxygen atoms in total. The Morgan fingerprint density at radius 3 is 3.13 bits per heavy atom. The van der Waals surface area contributed by atoms with Gasteiger partial charge in [-0.3, -0.25) is 4.79 Å². The zero-order valence-corrected chi connectivity index (χ0v) is 14.2. The van der Waals surface area contributed by atoms with E-state index in [1.807, 2.05) is 6.07 Å². The summed E-state index contributed by atoms with van der Waals surface area (Å²) in [7, 11) is 2.12. The van der Waals surface area contributed by atoms with Crippen LogP contribution in [0.5, 0.6) is 0 Å². The molecule has 23 heavy (non-hydrogen) atoms. The van der Waals surface area contributed by atoms with Crippen LogP contribution in [0.1, 0.15) is 40.5 Å². The Labute approximate surface area is 140 Å². The SMILES string of the molecule is CN1CCc2nc(NC(=O)[C@H]3CCCc4ccccc43)sc2C1. The average Bonchev–Trinajstić information content (AvgIpc) is 2.95. The van der Waals surface area contributed by atoms with Crippen LogP contribution in [0, 0.1) is 0 Å².